The van der Waals surface area contributed by atoms with Crippen LogP contribution in [0.4, 0.5) is 0 Å². The van der Waals surface area contributed by atoms with Gasteiger partial charge in [-0.1, -0.05) is 0 Å². The summed E-state index contributed by atoms with van der Waals surface area (Å²) in [5.41, 5.74) is 0. The highest BCUT2D eigenvalue weighted by Crippen LogP contribution is 1.95. The Morgan fingerprint density at radius 3 is 2.40 bits per heavy atom. The Balaban J connectivity index is 3.98. The first kappa shape index (κ1) is 22.3. The van der Waals surface area contributed by atoms with E-state index in [0.29, 0.717) is 25.8 Å². The Kier molecular flexibility index (Phi) is 11.3. The number of allylic oxidation sites excluding steroid dienone is 1. The van der Waals surface area contributed by atoms with Gasteiger partial charge < -0.3 is 20.9 Å². The number of nitrogens with zero attached hydrogens (tertiary/aromatic N) is 1. The molecule has 0 aliphatic heterocycles. The number of hydrogen-bond acceptors (Lipinski definition) is 5. The second kappa shape index (κ2) is 12.7. The van der Waals surface area contributed by atoms with Crippen LogP contribution in [0.3, 0.4) is 0 Å². The fraction of sp³-hybridized carbons (Fsp3) is 0.562. The molecule has 0 saturated heterocycles. The van der Waals surface area contributed by atoms with Crippen LogP contribution in [0.25, 0.3) is 0 Å². The van der Waals surface area contributed by atoms with Crippen LogP contribution in [0.2, 0.25) is 0 Å². The largest absolute Gasteiger partial charge is 0.355 e. The molecule has 0 aromatic carbocycles. The second-order valence-corrected chi connectivity index (χ2v) is 5.32. The summed E-state index contributed by atoms with van der Waals surface area (Å²) in [5, 5.41) is 7.50. The van der Waals surface area contributed by atoms with Crippen molar-refractivity contribution < 1.29 is 24.0 Å². The predicted octanol–water partition coefficient (Wildman–Crippen LogP) is -1.26. The highest BCUT2D eigenvalue weighted by Gasteiger charge is 2.15. The topological polar surface area (TPSA) is 125 Å². The van der Waals surface area contributed by atoms with Crippen molar-refractivity contribution in [3.63, 3.8) is 0 Å². The number of hydrogen-bond donors (Lipinski definition) is 3. The molecule has 1 atom stereocenters. The number of carbonyl (C=O) groups excluding carboxylic acids is 5. The first-order valence-electron chi connectivity index (χ1n) is 8.02. The Bertz CT molecular complexity index is 519. The molecule has 0 heterocycles. The van der Waals surface area contributed by atoms with Gasteiger partial charge in [-0.2, -0.15) is 0 Å². The van der Waals surface area contributed by atoms with Crippen molar-refractivity contribution in [1.29, 1.82) is 0 Å². The highest BCUT2D eigenvalue weighted by atomic mass is 16.2. The Labute approximate surface area is 147 Å². The number of carbonyl (C=O) groups is 5. The summed E-state index contributed by atoms with van der Waals surface area (Å²) >= 11 is 0. The van der Waals surface area contributed by atoms with E-state index in [1.807, 2.05) is 0 Å². The van der Waals surface area contributed by atoms with Crippen LogP contribution in [0.1, 0.15) is 26.7 Å². The van der Waals surface area contributed by atoms with Crippen LogP contribution in [-0.4, -0.2) is 67.5 Å². The van der Waals surface area contributed by atoms with Crippen LogP contribution in [0, 0.1) is 0 Å². The van der Waals surface area contributed by atoms with Crippen molar-refractivity contribution in [2.24, 2.45) is 0 Å². The molecule has 0 saturated carbocycles. The Hall–Kier alpha value is -2.71. The second-order valence-electron chi connectivity index (χ2n) is 5.32. The molecule has 0 radical (unpaired) electrons. The first-order chi connectivity index (χ1) is 11.8. The van der Waals surface area contributed by atoms with Gasteiger partial charge in [0.1, 0.15) is 12.3 Å². The van der Waals surface area contributed by atoms with Gasteiger partial charge in [0, 0.05) is 32.6 Å². The lowest BCUT2D eigenvalue weighted by Gasteiger charge is -2.15. The number of amides is 4. The lowest BCUT2D eigenvalue weighted by Crippen LogP contribution is -2.47. The van der Waals surface area contributed by atoms with E-state index in [9.17, 15) is 24.0 Å². The van der Waals surface area contributed by atoms with E-state index in [1.54, 1.807) is 20.9 Å². The van der Waals surface area contributed by atoms with Crippen molar-refractivity contribution in [3.05, 3.63) is 12.2 Å². The molecule has 0 spiro atoms. The van der Waals surface area contributed by atoms with Crippen molar-refractivity contribution in [3.8, 4) is 0 Å². The zero-order valence-corrected chi connectivity index (χ0v) is 14.8. The van der Waals surface area contributed by atoms with Gasteiger partial charge in [-0.25, -0.2) is 0 Å². The maximum Gasteiger partial charge on any atom is 0.246 e. The summed E-state index contributed by atoms with van der Waals surface area (Å²) in [7, 11) is 1.56. The standard InChI is InChI=1S/C16H26N4O5/c1-4-17-16(25)12(2)19-14(23)11-18-13(22)7-5-9-20(3)15(24)8-6-10-21/h6,8,10,12H,4-5,7,9,11H2,1-3H3,(H,17,25)(H,18,22)(H,19,23)/b8-6-. The first-order valence-corrected chi connectivity index (χ1v) is 8.02. The van der Waals surface area contributed by atoms with Crippen molar-refractivity contribution in [2.45, 2.75) is 32.7 Å². The molecule has 0 bridgehead atoms. The molecular weight excluding hydrogens is 328 g/mol. The SMILES string of the molecule is CCNC(=O)C(C)NC(=O)CNC(=O)CCCN(C)C(=O)/C=C\C=O. The monoisotopic (exact) mass is 354 g/mol. The minimum atomic E-state index is -0.677. The van der Waals surface area contributed by atoms with E-state index in [0.717, 1.165) is 12.2 Å². The molecule has 0 aliphatic carbocycles. The number of aldehydes is 1. The molecule has 9 heteroatoms. The average Bonchev–Trinajstić information content (AvgIpc) is 2.57. The van der Waals surface area contributed by atoms with Gasteiger partial charge in [0.25, 0.3) is 0 Å². The van der Waals surface area contributed by atoms with Gasteiger partial charge in [-0.3, -0.25) is 24.0 Å². The van der Waals surface area contributed by atoms with Crippen LogP contribution in [0.5, 0.6) is 0 Å². The molecule has 0 rings (SSSR count). The van der Waals surface area contributed by atoms with E-state index >= 15 is 0 Å². The summed E-state index contributed by atoms with van der Waals surface area (Å²) in [4.78, 5) is 57.8. The van der Waals surface area contributed by atoms with Crippen LogP contribution in [-0.2, 0) is 24.0 Å². The third-order valence-corrected chi connectivity index (χ3v) is 3.16. The third-order valence-electron chi connectivity index (χ3n) is 3.16. The molecule has 0 aromatic heterocycles. The van der Waals surface area contributed by atoms with Gasteiger partial charge in [-0.15, -0.1) is 0 Å². The molecule has 9 nitrogen and oxygen atoms in total. The van der Waals surface area contributed by atoms with Crippen LogP contribution < -0.4 is 16.0 Å². The molecular formula is C16H26N4O5. The molecule has 1 unspecified atom stereocenters. The normalized spacial score (nSPS) is 11.5. The molecule has 0 aliphatic rings. The molecule has 140 valence electrons. The predicted molar refractivity (Wildman–Crippen MR) is 91.4 cm³/mol. The maximum atomic E-state index is 11.7. The summed E-state index contributed by atoms with van der Waals surface area (Å²) < 4.78 is 0. The van der Waals surface area contributed by atoms with Crippen molar-refractivity contribution in [2.75, 3.05) is 26.7 Å². The summed E-state index contributed by atoms with van der Waals surface area (Å²) in [6.07, 6.45) is 3.32. The molecule has 0 aromatic rings. The minimum Gasteiger partial charge on any atom is -0.355 e. The van der Waals surface area contributed by atoms with Gasteiger partial charge >= 0.3 is 0 Å². The fourth-order valence-electron chi connectivity index (χ4n) is 1.79. The van der Waals surface area contributed by atoms with E-state index in [4.69, 9.17) is 0 Å². The molecule has 3 N–H and O–H groups in total. The third kappa shape index (κ3) is 10.6. The lowest BCUT2D eigenvalue weighted by molar-refractivity contribution is -0.129. The smallest absolute Gasteiger partial charge is 0.246 e. The number of nitrogens with one attached hydrogen (secondary N) is 3. The summed E-state index contributed by atoms with van der Waals surface area (Å²) in [6, 6.07) is -0.677. The van der Waals surface area contributed by atoms with Crippen LogP contribution >= 0.6 is 0 Å². The minimum absolute atomic E-state index is 0.147. The van der Waals surface area contributed by atoms with E-state index in [2.05, 4.69) is 16.0 Å². The van der Waals surface area contributed by atoms with E-state index in [-0.39, 0.29) is 30.7 Å². The molecule has 4 amide bonds. The number of rotatable bonds is 11. The quantitative estimate of drug-likeness (QED) is 0.315. The van der Waals surface area contributed by atoms with E-state index in [1.165, 1.54) is 4.90 Å². The van der Waals surface area contributed by atoms with Gasteiger partial charge in [0.2, 0.25) is 23.6 Å². The van der Waals surface area contributed by atoms with Gasteiger partial charge in [0.05, 0.1) is 6.54 Å². The number of likely N-dealkylation sites (N-methyl/N-ethyl adjacent to an activating group) is 2. The summed E-state index contributed by atoms with van der Waals surface area (Å²) in [6.45, 7) is 3.92. The maximum absolute atomic E-state index is 11.7. The summed E-state index contributed by atoms with van der Waals surface area (Å²) in [5.74, 6) is -1.41. The Morgan fingerprint density at radius 1 is 1.12 bits per heavy atom. The highest BCUT2D eigenvalue weighted by molar-refractivity contribution is 5.91. The van der Waals surface area contributed by atoms with Crippen molar-refractivity contribution in [1.82, 2.24) is 20.9 Å². The lowest BCUT2D eigenvalue weighted by atomic mass is 10.2. The Morgan fingerprint density at radius 2 is 1.80 bits per heavy atom. The van der Waals surface area contributed by atoms with Gasteiger partial charge in [-0.05, 0) is 26.3 Å². The van der Waals surface area contributed by atoms with Crippen LogP contribution in [0.15, 0.2) is 12.2 Å². The van der Waals surface area contributed by atoms with Crippen molar-refractivity contribution >= 4 is 29.9 Å². The molecule has 0 fully saturated rings. The molecule has 25 heavy (non-hydrogen) atoms. The van der Waals surface area contributed by atoms with E-state index < -0.39 is 11.9 Å². The zero-order chi connectivity index (χ0) is 19.2. The fourth-order valence-corrected chi connectivity index (χ4v) is 1.79. The zero-order valence-electron chi connectivity index (χ0n) is 14.8. The average molecular weight is 354 g/mol. The van der Waals surface area contributed by atoms with Gasteiger partial charge in [0.15, 0.2) is 0 Å².